The van der Waals surface area contributed by atoms with Crippen LogP contribution < -0.4 is 5.11 Å². The average Bonchev–Trinajstić information content (AvgIpc) is 3.01. The normalized spacial score (nSPS) is 45.3. The average molecular weight is 402 g/mol. The Bertz CT molecular complexity index is 756. The maximum absolute atomic E-state index is 13.6. The lowest BCUT2D eigenvalue weighted by atomic mass is 9.44. The summed E-state index contributed by atoms with van der Waals surface area (Å²) in [6.45, 7) is 6.32. The highest BCUT2D eigenvalue weighted by Gasteiger charge is 2.66. The minimum Gasteiger partial charge on any atom is -0.550 e. The molecule has 0 aromatic heterocycles. The van der Waals surface area contributed by atoms with Crippen LogP contribution in [-0.2, 0) is 19.2 Å². The molecule has 0 unspecified atom stereocenters. The molecule has 8 atom stereocenters. The first-order chi connectivity index (χ1) is 13.6. The Kier molecular flexibility index (Phi) is 5.02. The predicted molar refractivity (Wildman–Crippen MR) is 104 cm³/mol. The van der Waals surface area contributed by atoms with Gasteiger partial charge in [-0.1, -0.05) is 20.8 Å². The Labute approximate surface area is 173 Å². The fourth-order valence-electron chi connectivity index (χ4n) is 7.94. The summed E-state index contributed by atoms with van der Waals surface area (Å²) in [7, 11) is 0. The van der Waals surface area contributed by atoms with Crippen molar-refractivity contribution in [1.29, 1.82) is 0 Å². The largest absolute Gasteiger partial charge is 0.550 e. The van der Waals surface area contributed by atoms with Crippen molar-refractivity contribution in [2.45, 2.75) is 78.6 Å². The first-order valence-corrected chi connectivity index (χ1v) is 11.4. The second-order valence-electron chi connectivity index (χ2n) is 10.8. The lowest BCUT2D eigenvalue weighted by Crippen LogP contribution is -2.60. The molecule has 0 aromatic rings. The van der Waals surface area contributed by atoms with Gasteiger partial charge in [0, 0.05) is 43.0 Å². The summed E-state index contributed by atoms with van der Waals surface area (Å²) in [6.07, 6.45) is 5.08. The fraction of sp³-hybridized carbons (Fsp3) is 0.833. The van der Waals surface area contributed by atoms with E-state index in [4.69, 9.17) is 0 Å². The van der Waals surface area contributed by atoms with Crippen LogP contribution in [0, 0.1) is 46.3 Å². The maximum Gasteiger partial charge on any atom is 0.139 e. The van der Waals surface area contributed by atoms with Crippen LogP contribution >= 0.6 is 0 Å². The smallest absolute Gasteiger partial charge is 0.139 e. The number of carbonyl (C=O) groups is 4. The van der Waals surface area contributed by atoms with Crippen LogP contribution in [0.15, 0.2) is 0 Å². The van der Waals surface area contributed by atoms with Crippen LogP contribution in [0.3, 0.4) is 0 Å². The topological polar surface area (TPSA) is 91.3 Å². The number of carbonyl (C=O) groups excluding carboxylic acids is 4. The second kappa shape index (κ2) is 7.02. The molecule has 0 N–H and O–H groups in total. The molecule has 4 fully saturated rings. The van der Waals surface area contributed by atoms with E-state index in [-0.39, 0.29) is 64.7 Å². The lowest BCUT2D eigenvalue weighted by molar-refractivity contribution is -0.306. The Hall–Kier alpha value is -1.52. The summed E-state index contributed by atoms with van der Waals surface area (Å²) in [5, 5.41) is 10.9. The van der Waals surface area contributed by atoms with Crippen LogP contribution in [0.5, 0.6) is 0 Å². The lowest BCUT2D eigenvalue weighted by Gasteiger charge is -2.58. The van der Waals surface area contributed by atoms with E-state index < -0.39 is 11.4 Å². The number of hydrogen-bond donors (Lipinski definition) is 0. The van der Waals surface area contributed by atoms with Crippen LogP contribution in [0.2, 0.25) is 0 Å². The molecule has 5 nitrogen and oxygen atoms in total. The molecule has 0 aromatic carbocycles. The van der Waals surface area contributed by atoms with Gasteiger partial charge in [0.05, 0.1) is 0 Å². The summed E-state index contributed by atoms with van der Waals surface area (Å²) in [5.74, 6) is 0.130. The van der Waals surface area contributed by atoms with Gasteiger partial charge in [-0.25, -0.2) is 0 Å². The molecular formula is C24H33O5-. The summed E-state index contributed by atoms with van der Waals surface area (Å²) in [5.41, 5.74) is -0.627. The number of ketones is 3. The molecule has 0 radical (unpaired) electrons. The van der Waals surface area contributed by atoms with Gasteiger partial charge in [0.15, 0.2) is 0 Å². The number of hydrogen-bond acceptors (Lipinski definition) is 5. The number of rotatable bonds is 4. The second-order valence-corrected chi connectivity index (χ2v) is 10.8. The van der Waals surface area contributed by atoms with E-state index >= 15 is 0 Å². The maximum atomic E-state index is 13.6. The molecule has 4 rings (SSSR count). The minimum absolute atomic E-state index is 0.0192. The summed E-state index contributed by atoms with van der Waals surface area (Å²) < 4.78 is 0. The van der Waals surface area contributed by atoms with E-state index in [9.17, 15) is 24.3 Å². The van der Waals surface area contributed by atoms with E-state index in [0.717, 1.165) is 19.3 Å². The van der Waals surface area contributed by atoms with Crippen molar-refractivity contribution in [3.8, 4) is 0 Å². The van der Waals surface area contributed by atoms with Crippen LogP contribution in [-0.4, -0.2) is 23.3 Å². The highest BCUT2D eigenvalue weighted by Crippen LogP contribution is 2.66. The number of Topliss-reactive ketones (excluding diaryl/α,β-unsaturated/α-hetero) is 3. The molecule has 0 saturated heterocycles. The van der Waals surface area contributed by atoms with Crippen molar-refractivity contribution in [3.05, 3.63) is 0 Å². The standard InChI is InChI=1S/C24H34O5/c1-13(4-7-21(28)29)16-5-6-17-22-18(12-20(27)24(16,17)3)23(2)9-8-15(25)10-14(23)11-19(22)26/h13-14,16-18,22H,4-12H2,1-3H3,(H,28,29)/p-1/t13-,14-,16-,17+,18-,22-,23+,24-/m1/s1. The van der Waals surface area contributed by atoms with E-state index in [1.54, 1.807) is 0 Å². The Morgan fingerprint density at radius 2 is 1.83 bits per heavy atom. The summed E-state index contributed by atoms with van der Waals surface area (Å²) in [6, 6.07) is 0. The van der Waals surface area contributed by atoms with Crippen LogP contribution in [0.25, 0.3) is 0 Å². The van der Waals surface area contributed by atoms with Crippen molar-refractivity contribution in [2.24, 2.45) is 46.3 Å². The molecule has 0 heterocycles. The summed E-state index contributed by atoms with van der Waals surface area (Å²) in [4.78, 5) is 49.8. The zero-order valence-electron chi connectivity index (χ0n) is 17.9. The van der Waals surface area contributed by atoms with Gasteiger partial charge in [-0.05, 0) is 67.1 Å². The van der Waals surface area contributed by atoms with Crippen molar-refractivity contribution in [1.82, 2.24) is 0 Å². The minimum atomic E-state index is -1.04. The number of fused-ring (bicyclic) bond motifs is 5. The molecule has 0 spiro atoms. The van der Waals surface area contributed by atoms with Gasteiger partial charge in [-0.3, -0.25) is 14.4 Å². The SMILES string of the molecule is C[C@H](CCC(=O)[O-])[C@H]1CC[C@H]2[C@H]3C(=O)C[C@H]4CC(=O)CC[C@]4(C)[C@@H]3CC(=O)[C@]12C. The van der Waals surface area contributed by atoms with Gasteiger partial charge in [0.25, 0.3) is 0 Å². The van der Waals surface area contributed by atoms with Crippen LogP contribution in [0.4, 0.5) is 0 Å². The highest BCUT2D eigenvalue weighted by atomic mass is 16.4. The number of carboxylic acids is 1. The van der Waals surface area contributed by atoms with Crippen molar-refractivity contribution < 1.29 is 24.3 Å². The summed E-state index contributed by atoms with van der Waals surface area (Å²) >= 11 is 0. The predicted octanol–water partition coefficient (Wildman–Crippen LogP) is 2.74. The van der Waals surface area contributed by atoms with Crippen molar-refractivity contribution >= 4 is 23.3 Å². The van der Waals surface area contributed by atoms with Crippen molar-refractivity contribution in [3.63, 3.8) is 0 Å². The van der Waals surface area contributed by atoms with Crippen molar-refractivity contribution in [2.75, 3.05) is 0 Å². The van der Waals surface area contributed by atoms with E-state index in [2.05, 4.69) is 13.8 Å². The molecule has 4 aliphatic rings. The molecule has 0 amide bonds. The van der Waals surface area contributed by atoms with Gasteiger partial charge in [-0.2, -0.15) is 0 Å². The fourth-order valence-corrected chi connectivity index (χ4v) is 7.94. The van der Waals surface area contributed by atoms with Gasteiger partial charge in [0.2, 0.25) is 0 Å². The zero-order valence-corrected chi connectivity index (χ0v) is 17.9. The number of carboxylic acid groups (broad SMARTS) is 1. The van der Waals surface area contributed by atoms with Gasteiger partial charge in [0.1, 0.15) is 17.3 Å². The Morgan fingerprint density at radius 3 is 2.52 bits per heavy atom. The van der Waals surface area contributed by atoms with Gasteiger partial charge >= 0.3 is 0 Å². The molecule has 0 bridgehead atoms. The van der Waals surface area contributed by atoms with Gasteiger partial charge in [-0.15, -0.1) is 0 Å². The molecule has 0 aliphatic heterocycles. The third kappa shape index (κ3) is 3.02. The molecule has 4 aliphatic carbocycles. The molecule has 4 saturated carbocycles. The first kappa shape index (κ1) is 20.7. The molecule has 29 heavy (non-hydrogen) atoms. The number of aliphatic carboxylic acids is 1. The van der Waals surface area contributed by atoms with E-state index in [1.165, 1.54) is 0 Å². The van der Waals surface area contributed by atoms with E-state index in [0.29, 0.717) is 32.1 Å². The molecular weight excluding hydrogens is 368 g/mol. The quantitative estimate of drug-likeness (QED) is 0.722. The van der Waals surface area contributed by atoms with Gasteiger partial charge < -0.3 is 9.90 Å². The molecule has 160 valence electrons. The highest BCUT2D eigenvalue weighted by molar-refractivity contribution is 5.93. The first-order valence-electron chi connectivity index (χ1n) is 11.4. The molecule has 5 heteroatoms. The third-order valence-corrected chi connectivity index (χ3v) is 9.71. The van der Waals surface area contributed by atoms with Crippen LogP contribution in [0.1, 0.15) is 78.6 Å². The van der Waals surface area contributed by atoms with E-state index in [1.807, 2.05) is 6.92 Å². The monoisotopic (exact) mass is 401 g/mol. The zero-order chi connectivity index (χ0) is 21.1. The Balaban J connectivity index is 1.63. The third-order valence-electron chi connectivity index (χ3n) is 9.71. The Morgan fingerprint density at radius 1 is 1.10 bits per heavy atom.